The smallest absolute Gasteiger partial charge is 0.122 e. The molecule has 1 aromatic heterocycles. The standard InChI is InChI=1S/C5H7N3S/c1-4(2-6-1)5-8-7-3-9-5/h3-4,6H,1-2H2. The van der Waals surface area contributed by atoms with Crippen LogP contribution in [-0.2, 0) is 0 Å². The summed E-state index contributed by atoms with van der Waals surface area (Å²) < 4.78 is 0. The zero-order valence-corrected chi connectivity index (χ0v) is 5.69. The second kappa shape index (κ2) is 2.04. The third-order valence-electron chi connectivity index (χ3n) is 1.51. The van der Waals surface area contributed by atoms with Gasteiger partial charge in [-0.3, -0.25) is 0 Å². The van der Waals surface area contributed by atoms with E-state index in [-0.39, 0.29) is 0 Å². The Balaban J connectivity index is 2.14. The van der Waals surface area contributed by atoms with Crippen molar-refractivity contribution in [1.82, 2.24) is 15.5 Å². The van der Waals surface area contributed by atoms with Gasteiger partial charge < -0.3 is 5.32 Å². The molecule has 48 valence electrons. The van der Waals surface area contributed by atoms with Gasteiger partial charge in [-0.05, 0) is 0 Å². The summed E-state index contributed by atoms with van der Waals surface area (Å²) in [5.74, 6) is 0.650. The summed E-state index contributed by atoms with van der Waals surface area (Å²) in [5.41, 5.74) is 1.79. The van der Waals surface area contributed by atoms with Crippen LogP contribution in [0.15, 0.2) is 5.51 Å². The third kappa shape index (κ3) is 0.840. The number of hydrogen-bond donors (Lipinski definition) is 1. The minimum Gasteiger partial charge on any atom is -0.315 e. The summed E-state index contributed by atoms with van der Waals surface area (Å²) in [6, 6.07) is 0. The zero-order chi connectivity index (χ0) is 6.10. The minimum atomic E-state index is 0.650. The predicted molar refractivity (Wildman–Crippen MR) is 35.5 cm³/mol. The molecule has 1 N–H and O–H groups in total. The Hall–Kier alpha value is -0.480. The Morgan fingerprint density at radius 3 is 3.00 bits per heavy atom. The van der Waals surface area contributed by atoms with Crippen LogP contribution in [-0.4, -0.2) is 23.3 Å². The quantitative estimate of drug-likeness (QED) is 0.608. The second-order valence-electron chi connectivity index (χ2n) is 2.13. The van der Waals surface area contributed by atoms with Gasteiger partial charge in [0.05, 0.1) is 0 Å². The molecule has 0 bridgehead atoms. The van der Waals surface area contributed by atoms with Crippen molar-refractivity contribution in [3.63, 3.8) is 0 Å². The van der Waals surface area contributed by atoms with E-state index >= 15 is 0 Å². The van der Waals surface area contributed by atoms with Crippen LogP contribution in [0, 0.1) is 0 Å². The highest BCUT2D eigenvalue weighted by molar-refractivity contribution is 7.09. The number of hydrogen-bond acceptors (Lipinski definition) is 4. The van der Waals surface area contributed by atoms with E-state index in [4.69, 9.17) is 0 Å². The van der Waals surface area contributed by atoms with Crippen LogP contribution in [0.5, 0.6) is 0 Å². The van der Waals surface area contributed by atoms with E-state index in [0.717, 1.165) is 13.1 Å². The molecule has 0 spiro atoms. The van der Waals surface area contributed by atoms with Crippen molar-refractivity contribution in [1.29, 1.82) is 0 Å². The maximum Gasteiger partial charge on any atom is 0.122 e. The molecule has 0 atom stereocenters. The largest absolute Gasteiger partial charge is 0.315 e. The fraction of sp³-hybridized carbons (Fsp3) is 0.600. The Morgan fingerprint density at radius 1 is 1.67 bits per heavy atom. The molecule has 1 saturated heterocycles. The SMILES string of the molecule is c1nnc(C2CNC2)s1. The molecule has 4 heteroatoms. The van der Waals surface area contributed by atoms with Crippen molar-refractivity contribution >= 4 is 11.3 Å². The molecule has 0 radical (unpaired) electrons. The summed E-state index contributed by atoms with van der Waals surface area (Å²) in [6.45, 7) is 2.16. The van der Waals surface area contributed by atoms with Gasteiger partial charge in [0.2, 0.25) is 0 Å². The fourth-order valence-corrected chi connectivity index (χ4v) is 1.48. The van der Waals surface area contributed by atoms with Crippen LogP contribution in [0.1, 0.15) is 10.9 Å². The summed E-state index contributed by atoms with van der Waals surface area (Å²) in [5, 5.41) is 12.1. The predicted octanol–water partition coefficient (Wildman–Crippen LogP) is 0.225. The van der Waals surface area contributed by atoms with Crippen molar-refractivity contribution in [3.8, 4) is 0 Å². The first kappa shape index (κ1) is 5.32. The Bertz CT molecular complexity index is 180. The molecule has 0 unspecified atom stereocenters. The van der Waals surface area contributed by atoms with E-state index in [2.05, 4.69) is 15.5 Å². The van der Waals surface area contributed by atoms with Crippen molar-refractivity contribution < 1.29 is 0 Å². The highest BCUT2D eigenvalue weighted by atomic mass is 32.1. The summed E-state index contributed by atoms with van der Waals surface area (Å²) in [6.07, 6.45) is 0. The van der Waals surface area contributed by atoms with Crippen LogP contribution in [0.4, 0.5) is 0 Å². The van der Waals surface area contributed by atoms with Gasteiger partial charge in [-0.1, -0.05) is 0 Å². The lowest BCUT2D eigenvalue weighted by molar-refractivity contribution is 0.444. The highest BCUT2D eigenvalue weighted by Gasteiger charge is 2.21. The molecule has 2 heterocycles. The van der Waals surface area contributed by atoms with Crippen molar-refractivity contribution in [2.45, 2.75) is 5.92 Å². The van der Waals surface area contributed by atoms with Crippen LogP contribution < -0.4 is 5.32 Å². The average Bonchev–Trinajstić information content (AvgIpc) is 2.11. The molecular formula is C5H7N3S. The maximum atomic E-state index is 3.97. The van der Waals surface area contributed by atoms with Gasteiger partial charge in [0.25, 0.3) is 0 Å². The van der Waals surface area contributed by atoms with Gasteiger partial charge in [-0.2, -0.15) is 0 Å². The van der Waals surface area contributed by atoms with Crippen molar-refractivity contribution in [2.75, 3.05) is 13.1 Å². The molecule has 1 aliphatic rings. The molecule has 0 saturated carbocycles. The van der Waals surface area contributed by atoms with Crippen LogP contribution in [0.3, 0.4) is 0 Å². The molecule has 0 amide bonds. The van der Waals surface area contributed by atoms with Crippen LogP contribution in [0.25, 0.3) is 0 Å². The first-order valence-corrected chi connectivity index (χ1v) is 3.81. The molecular weight excluding hydrogens is 134 g/mol. The maximum absolute atomic E-state index is 3.97. The molecule has 1 aromatic rings. The number of rotatable bonds is 1. The lowest BCUT2D eigenvalue weighted by Gasteiger charge is -2.23. The summed E-state index contributed by atoms with van der Waals surface area (Å²) >= 11 is 1.64. The van der Waals surface area contributed by atoms with Gasteiger partial charge in [0.15, 0.2) is 0 Å². The first-order chi connectivity index (χ1) is 4.47. The van der Waals surface area contributed by atoms with E-state index in [1.54, 1.807) is 16.8 Å². The highest BCUT2D eigenvalue weighted by Crippen LogP contribution is 2.19. The van der Waals surface area contributed by atoms with Gasteiger partial charge in [-0.25, -0.2) is 0 Å². The van der Waals surface area contributed by atoms with Gasteiger partial charge in [-0.15, -0.1) is 21.5 Å². The topological polar surface area (TPSA) is 37.8 Å². The number of aromatic nitrogens is 2. The van der Waals surface area contributed by atoms with Crippen LogP contribution >= 0.6 is 11.3 Å². The molecule has 1 fully saturated rings. The lowest BCUT2D eigenvalue weighted by atomic mass is 10.1. The molecule has 3 nitrogen and oxygen atoms in total. The van der Waals surface area contributed by atoms with E-state index in [9.17, 15) is 0 Å². The summed E-state index contributed by atoms with van der Waals surface area (Å²) in [4.78, 5) is 0. The minimum absolute atomic E-state index is 0.650. The number of nitrogens with one attached hydrogen (secondary N) is 1. The van der Waals surface area contributed by atoms with E-state index in [1.807, 2.05) is 0 Å². The third-order valence-corrected chi connectivity index (χ3v) is 2.36. The monoisotopic (exact) mass is 141 g/mol. The van der Waals surface area contributed by atoms with Gasteiger partial charge >= 0.3 is 0 Å². The first-order valence-electron chi connectivity index (χ1n) is 2.93. The molecule has 0 aromatic carbocycles. The Morgan fingerprint density at radius 2 is 2.56 bits per heavy atom. The molecule has 0 aliphatic carbocycles. The average molecular weight is 141 g/mol. The fourth-order valence-electron chi connectivity index (χ4n) is 0.823. The number of nitrogens with zero attached hydrogens (tertiary/aromatic N) is 2. The summed E-state index contributed by atoms with van der Waals surface area (Å²) in [7, 11) is 0. The van der Waals surface area contributed by atoms with Crippen molar-refractivity contribution in [2.24, 2.45) is 0 Å². The molecule has 1 aliphatic heterocycles. The second-order valence-corrected chi connectivity index (χ2v) is 3.00. The molecule has 2 rings (SSSR count). The van der Waals surface area contributed by atoms with E-state index in [0.29, 0.717) is 5.92 Å². The lowest BCUT2D eigenvalue weighted by Crippen LogP contribution is -2.39. The van der Waals surface area contributed by atoms with E-state index < -0.39 is 0 Å². The Labute approximate surface area is 57.1 Å². The van der Waals surface area contributed by atoms with Crippen LogP contribution in [0.2, 0.25) is 0 Å². The molecule has 9 heavy (non-hydrogen) atoms. The Kier molecular flexibility index (Phi) is 1.20. The van der Waals surface area contributed by atoms with E-state index in [1.165, 1.54) is 5.01 Å². The zero-order valence-electron chi connectivity index (χ0n) is 4.87. The van der Waals surface area contributed by atoms with Crippen molar-refractivity contribution in [3.05, 3.63) is 10.5 Å². The van der Waals surface area contributed by atoms with Gasteiger partial charge in [0, 0.05) is 19.0 Å². The normalized spacial score (nSPS) is 19.6. The van der Waals surface area contributed by atoms with Gasteiger partial charge in [0.1, 0.15) is 10.5 Å².